The Balaban J connectivity index is 3.23. The lowest BCUT2D eigenvalue weighted by Crippen LogP contribution is -2.16. The fourth-order valence-corrected chi connectivity index (χ4v) is 1.89. The molecular weight excluding hydrogens is 236 g/mol. The van der Waals surface area contributed by atoms with Gasteiger partial charge in [-0.25, -0.2) is 5.43 Å². The van der Waals surface area contributed by atoms with Crippen molar-refractivity contribution < 1.29 is 4.79 Å². The van der Waals surface area contributed by atoms with Crippen molar-refractivity contribution in [2.45, 2.75) is 78.1 Å². The second-order valence-electron chi connectivity index (χ2n) is 4.92. The number of unbranched alkanes of at least 4 members (excludes halogenated alkanes) is 8. The van der Waals surface area contributed by atoms with E-state index in [1.807, 2.05) is 13.0 Å². The van der Waals surface area contributed by atoms with E-state index >= 15 is 0 Å². The zero-order valence-corrected chi connectivity index (χ0v) is 12.7. The molecule has 1 N–H and O–H groups in total. The molecule has 0 spiro atoms. The number of nitrogens with zero attached hydrogens (tertiary/aromatic N) is 1. The Bertz CT molecular complexity index is 259. The van der Waals surface area contributed by atoms with E-state index in [-0.39, 0.29) is 5.91 Å². The molecule has 0 bridgehead atoms. The Morgan fingerprint density at radius 2 is 1.58 bits per heavy atom. The fraction of sp³-hybridized carbons (Fsp3) is 0.750. The van der Waals surface area contributed by atoms with Crippen LogP contribution in [0.4, 0.5) is 0 Å². The van der Waals surface area contributed by atoms with Gasteiger partial charge in [-0.3, -0.25) is 4.79 Å². The third-order valence-corrected chi connectivity index (χ3v) is 3.05. The van der Waals surface area contributed by atoms with Gasteiger partial charge in [-0.1, -0.05) is 64.4 Å². The minimum absolute atomic E-state index is 0.0173. The van der Waals surface area contributed by atoms with E-state index in [0.29, 0.717) is 6.42 Å². The highest BCUT2D eigenvalue weighted by molar-refractivity contribution is 5.78. The van der Waals surface area contributed by atoms with Crippen molar-refractivity contribution >= 4 is 12.1 Å². The van der Waals surface area contributed by atoms with Gasteiger partial charge in [-0.2, -0.15) is 5.10 Å². The molecule has 0 heterocycles. The summed E-state index contributed by atoms with van der Waals surface area (Å²) >= 11 is 0. The molecule has 0 radical (unpaired) electrons. The number of carbonyl (C=O) groups is 1. The van der Waals surface area contributed by atoms with Gasteiger partial charge in [0.05, 0.1) is 0 Å². The monoisotopic (exact) mass is 266 g/mol. The van der Waals surface area contributed by atoms with Crippen LogP contribution in [-0.4, -0.2) is 12.1 Å². The van der Waals surface area contributed by atoms with Gasteiger partial charge in [0.1, 0.15) is 0 Å². The summed E-state index contributed by atoms with van der Waals surface area (Å²) in [7, 11) is 0. The molecule has 0 aromatic rings. The molecule has 0 rings (SSSR count). The van der Waals surface area contributed by atoms with Crippen LogP contribution >= 0.6 is 0 Å². The first kappa shape index (κ1) is 17.9. The predicted molar refractivity (Wildman–Crippen MR) is 83.3 cm³/mol. The molecular formula is C16H30N2O. The molecule has 0 atom stereocenters. The quantitative estimate of drug-likeness (QED) is 0.313. The zero-order chi connectivity index (χ0) is 14.2. The van der Waals surface area contributed by atoms with Crippen LogP contribution in [0.5, 0.6) is 0 Å². The molecule has 0 aliphatic heterocycles. The normalized spacial score (nSPS) is 11.5. The zero-order valence-electron chi connectivity index (χ0n) is 12.7. The number of carbonyl (C=O) groups excluding carboxylic acids is 1. The van der Waals surface area contributed by atoms with E-state index in [9.17, 15) is 4.79 Å². The second-order valence-corrected chi connectivity index (χ2v) is 4.92. The number of amides is 1. The molecule has 110 valence electrons. The molecule has 1 amide bonds. The third-order valence-electron chi connectivity index (χ3n) is 3.05. The molecule has 0 saturated heterocycles. The fourth-order valence-electron chi connectivity index (χ4n) is 1.89. The van der Waals surface area contributed by atoms with Crippen LogP contribution in [0, 0.1) is 0 Å². The molecule has 0 saturated carbocycles. The van der Waals surface area contributed by atoms with Crippen LogP contribution in [0.3, 0.4) is 0 Å². The van der Waals surface area contributed by atoms with Gasteiger partial charge in [0.25, 0.3) is 0 Å². The summed E-state index contributed by atoms with van der Waals surface area (Å²) in [6, 6.07) is 0. The number of hydrogen-bond donors (Lipinski definition) is 1. The second kappa shape index (κ2) is 14.9. The van der Waals surface area contributed by atoms with Gasteiger partial charge in [0, 0.05) is 12.6 Å². The van der Waals surface area contributed by atoms with E-state index in [4.69, 9.17) is 0 Å². The molecule has 0 aromatic carbocycles. The maximum atomic E-state index is 11.4. The lowest BCUT2D eigenvalue weighted by Gasteiger charge is -2.01. The summed E-state index contributed by atoms with van der Waals surface area (Å²) in [4.78, 5) is 11.4. The van der Waals surface area contributed by atoms with Crippen LogP contribution in [0.1, 0.15) is 78.1 Å². The topological polar surface area (TPSA) is 41.5 Å². The largest absolute Gasteiger partial charge is 0.273 e. The minimum atomic E-state index is 0.0173. The van der Waals surface area contributed by atoms with Gasteiger partial charge in [0.15, 0.2) is 0 Å². The smallest absolute Gasteiger partial charge is 0.240 e. The van der Waals surface area contributed by atoms with Crippen LogP contribution in [-0.2, 0) is 4.79 Å². The number of rotatable bonds is 12. The average molecular weight is 266 g/mol. The van der Waals surface area contributed by atoms with E-state index < -0.39 is 0 Å². The SMILES string of the molecule is C/C=C\C=N/NC(=O)CCCCCCCCCCC. The molecule has 19 heavy (non-hydrogen) atoms. The van der Waals surface area contributed by atoms with E-state index in [2.05, 4.69) is 17.5 Å². The molecule has 3 nitrogen and oxygen atoms in total. The summed E-state index contributed by atoms with van der Waals surface area (Å²) in [6.45, 7) is 4.16. The number of nitrogens with one attached hydrogen (secondary N) is 1. The van der Waals surface area contributed by atoms with Crippen molar-refractivity contribution in [3.8, 4) is 0 Å². The average Bonchev–Trinajstić information content (AvgIpc) is 2.42. The maximum Gasteiger partial charge on any atom is 0.240 e. The van der Waals surface area contributed by atoms with Crippen molar-refractivity contribution in [1.29, 1.82) is 0 Å². The highest BCUT2D eigenvalue weighted by Crippen LogP contribution is 2.10. The first-order valence-electron chi connectivity index (χ1n) is 7.74. The van der Waals surface area contributed by atoms with Crippen molar-refractivity contribution in [2.24, 2.45) is 5.10 Å². The predicted octanol–water partition coefficient (Wildman–Crippen LogP) is 4.59. The molecule has 0 fully saturated rings. The Kier molecular flexibility index (Phi) is 14.1. The van der Waals surface area contributed by atoms with Gasteiger partial charge in [-0.05, 0) is 19.4 Å². The number of hydrogen-bond acceptors (Lipinski definition) is 2. The summed E-state index contributed by atoms with van der Waals surface area (Å²) in [5.41, 5.74) is 2.52. The summed E-state index contributed by atoms with van der Waals surface area (Å²) < 4.78 is 0. The van der Waals surface area contributed by atoms with Crippen LogP contribution < -0.4 is 5.43 Å². The first-order chi connectivity index (χ1) is 9.31. The van der Waals surface area contributed by atoms with Crippen molar-refractivity contribution in [1.82, 2.24) is 5.43 Å². The Hall–Kier alpha value is -1.12. The Morgan fingerprint density at radius 3 is 2.16 bits per heavy atom. The molecule has 0 aromatic heterocycles. The molecule has 0 unspecified atom stereocenters. The third kappa shape index (κ3) is 14.8. The summed E-state index contributed by atoms with van der Waals surface area (Å²) in [6.07, 6.45) is 17.3. The van der Waals surface area contributed by atoms with E-state index in [0.717, 1.165) is 12.8 Å². The highest BCUT2D eigenvalue weighted by atomic mass is 16.2. The van der Waals surface area contributed by atoms with E-state index in [1.165, 1.54) is 44.9 Å². The Labute approximate surface area is 118 Å². The van der Waals surface area contributed by atoms with Crippen LogP contribution in [0.15, 0.2) is 17.3 Å². The molecule has 3 heteroatoms. The molecule has 0 aliphatic carbocycles. The van der Waals surface area contributed by atoms with Gasteiger partial charge >= 0.3 is 0 Å². The summed E-state index contributed by atoms with van der Waals surface area (Å²) in [5.74, 6) is 0.0173. The highest BCUT2D eigenvalue weighted by Gasteiger charge is 1.98. The summed E-state index contributed by atoms with van der Waals surface area (Å²) in [5, 5.41) is 3.81. The van der Waals surface area contributed by atoms with Crippen molar-refractivity contribution in [3.05, 3.63) is 12.2 Å². The minimum Gasteiger partial charge on any atom is -0.273 e. The number of allylic oxidation sites excluding steroid dienone is 2. The van der Waals surface area contributed by atoms with Gasteiger partial charge < -0.3 is 0 Å². The van der Waals surface area contributed by atoms with E-state index in [1.54, 1.807) is 12.3 Å². The van der Waals surface area contributed by atoms with Gasteiger partial charge in [-0.15, -0.1) is 0 Å². The molecule has 0 aliphatic rings. The maximum absolute atomic E-state index is 11.4. The standard InChI is InChI=1S/C16H30N2O/c1-3-5-7-8-9-10-11-12-13-14-16(19)18-17-15-6-4-2/h4,6,15H,3,5,7-14H2,1-2H3,(H,18,19)/b6-4-,17-15-. The Morgan fingerprint density at radius 1 is 1.00 bits per heavy atom. The van der Waals surface area contributed by atoms with Crippen LogP contribution in [0.25, 0.3) is 0 Å². The van der Waals surface area contributed by atoms with Crippen LogP contribution in [0.2, 0.25) is 0 Å². The van der Waals surface area contributed by atoms with Crippen molar-refractivity contribution in [2.75, 3.05) is 0 Å². The lowest BCUT2D eigenvalue weighted by atomic mass is 10.1. The number of hydrazone groups is 1. The van der Waals surface area contributed by atoms with Gasteiger partial charge in [0.2, 0.25) is 5.91 Å². The lowest BCUT2D eigenvalue weighted by molar-refractivity contribution is -0.121. The first-order valence-corrected chi connectivity index (χ1v) is 7.74. The van der Waals surface area contributed by atoms with Crippen molar-refractivity contribution in [3.63, 3.8) is 0 Å².